The van der Waals surface area contributed by atoms with Crippen LogP contribution in [0.3, 0.4) is 0 Å². The second kappa shape index (κ2) is 12.2. The molecule has 0 atom stereocenters. The van der Waals surface area contributed by atoms with Gasteiger partial charge in [0.2, 0.25) is 0 Å². The standard InChI is InChI=1S/C16H29F3O/c1-2-3-4-5-6-7-8-9-10-11-12-13-14-16(18,19)15(17)20/h2-14H2,1H3. The highest BCUT2D eigenvalue weighted by Gasteiger charge is 2.38. The second-order valence-electron chi connectivity index (χ2n) is 5.62. The third-order valence-corrected chi connectivity index (χ3v) is 3.63. The average Bonchev–Trinajstić information content (AvgIpc) is 2.39. The van der Waals surface area contributed by atoms with Crippen LogP contribution in [0.25, 0.3) is 0 Å². The molecule has 0 saturated heterocycles. The molecule has 0 N–H and O–H groups in total. The monoisotopic (exact) mass is 294 g/mol. The van der Waals surface area contributed by atoms with E-state index >= 15 is 0 Å². The number of hydrogen-bond acceptors (Lipinski definition) is 1. The van der Waals surface area contributed by atoms with Gasteiger partial charge in [0, 0.05) is 6.42 Å². The van der Waals surface area contributed by atoms with Crippen LogP contribution in [-0.4, -0.2) is 12.0 Å². The maximum atomic E-state index is 12.6. The molecule has 0 heterocycles. The van der Waals surface area contributed by atoms with Crippen molar-refractivity contribution in [2.24, 2.45) is 0 Å². The van der Waals surface area contributed by atoms with Crippen molar-refractivity contribution in [1.82, 2.24) is 0 Å². The van der Waals surface area contributed by atoms with Crippen LogP contribution < -0.4 is 0 Å². The minimum atomic E-state index is -3.77. The Balaban J connectivity index is 3.19. The lowest BCUT2D eigenvalue weighted by Gasteiger charge is -2.09. The lowest BCUT2D eigenvalue weighted by Crippen LogP contribution is -2.24. The summed E-state index contributed by atoms with van der Waals surface area (Å²) in [5, 5.41) is 0. The smallest absolute Gasteiger partial charge is 0.254 e. The molecule has 0 amide bonds. The first-order chi connectivity index (χ1) is 9.50. The summed E-state index contributed by atoms with van der Waals surface area (Å²) in [7, 11) is 0. The molecule has 0 aliphatic heterocycles. The van der Waals surface area contributed by atoms with Gasteiger partial charge in [-0.15, -0.1) is 0 Å². The van der Waals surface area contributed by atoms with Gasteiger partial charge in [-0.3, -0.25) is 4.79 Å². The zero-order valence-corrected chi connectivity index (χ0v) is 12.7. The summed E-state index contributed by atoms with van der Waals surface area (Å²) in [6.07, 6.45) is 12.3. The van der Waals surface area contributed by atoms with Crippen molar-refractivity contribution in [2.45, 2.75) is 96.3 Å². The molecule has 0 aromatic carbocycles. The summed E-state index contributed by atoms with van der Waals surface area (Å²) in [5.41, 5.74) is 0. The molecule has 0 radical (unpaired) electrons. The van der Waals surface area contributed by atoms with Crippen molar-refractivity contribution in [3.05, 3.63) is 0 Å². The van der Waals surface area contributed by atoms with Crippen molar-refractivity contribution in [1.29, 1.82) is 0 Å². The zero-order valence-electron chi connectivity index (χ0n) is 12.7. The van der Waals surface area contributed by atoms with E-state index in [9.17, 15) is 18.0 Å². The van der Waals surface area contributed by atoms with Crippen molar-refractivity contribution >= 4 is 6.04 Å². The lowest BCUT2D eigenvalue weighted by atomic mass is 10.0. The number of carbonyl (C=O) groups is 1. The largest absolute Gasteiger partial charge is 0.370 e. The van der Waals surface area contributed by atoms with Crippen molar-refractivity contribution in [3.8, 4) is 0 Å². The van der Waals surface area contributed by atoms with Crippen molar-refractivity contribution in [3.63, 3.8) is 0 Å². The third-order valence-electron chi connectivity index (χ3n) is 3.63. The van der Waals surface area contributed by atoms with E-state index in [2.05, 4.69) is 6.92 Å². The highest BCUT2D eigenvalue weighted by Crippen LogP contribution is 2.24. The lowest BCUT2D eigenvalue weighted by molar-refractivity contribution is -0.156. The molecule has 0 bridgehead atoms. The minimum absolute atomic E-state index is 0.222. The second-order valence-corrected chi connectivity index (χ2v) is 5.62. The highest BCUT2D eigenvalue weighted by molar-refractivity contribution is 5.76. The fourth-order valence-corrected chi connectivity index (χ4v) is 2.29. The fourth-order valence-electron chi connectivity index (χ4n) is 2.29. The molecular weight excluding hydrogens is 265 g/mol. The molecule has 0 unspecified atom stereocenters. The van der Waals surface area contributed by atoms with Gasteiger partial charge in [0.15, 0.2) is 0 Å². The van der Waals surface area contributed by atoms with Gasteiger partial charge in [0.25, 0.3) is 0 Å². The molecule has 0 spiro atoms. The number of halogens is 3. The first-order valence-electron chi connectivity index (χ1n) is 8.08. The van der Waals surface area contributed by atoms with Crippen LogP contribution in [0.2, 0.25) is 0 Å². The molecule has 0 aliphatic carbocycles. The van der Waals surface area contributed by atoms with Crippen molar-refractivity contribution < 1.29 is 18.0 Å². The Morgan fingerprint density at radius 3 is 1.45 bits per heavy atom. The molecule has 0 aromatic rings. The number of rotatable bonds is 14. The number of carbonyl (C=O) groups excluding carboxylic acids is 1. The van der Waals surface area contributed by atoms with Crippen LogP contribution in [0.15, 0.2) is 0 Å². The molecule has 0 fully saturated rings. The SMILES string of the molecule is CCCCCCCCCCCCCCC(F)(F)C(=O)F. The van der Waals surface area contributed by atoms with Gasteiger partial charge in [-0.2, -0.15) is 13.2 Å². The Kier molecular flexibility index (Phi) is 11.9. The van der Waals surface area contributed by atoms with Gasteiger partial charge >= 0.3 is 12.0 Å². The summed E-state index contributed by atoms with van der Waals surface area (Å²) < 4.78 is 37.2. The van der Waals surface area contributed by atoms with E-state index < -0.39 is 18.4 Å². The van der Waals surface area contributed by atoms with E-state index in [0.717, 1.165) is 19.3 Å². The first-order valence-corrected chi connectivity index (χ1v) is 8.08. The Labute approximate surface area is 121 Å². The molecule has 120 valence electrons. The van der Waals surface area contributed by atoms with E-state index in [0.29, 0.717) is 6.42 Å². The van der Waals surface area contributed by atoms with E-state index in [-0.39, 0.29) is 6.42 Å². The van der Waals surface area contributed by atoms with Gasteiger partial charge < -0.3 is 0 Å². The van der Waals surface area contributed by atoms with Crippen LogP contribution in [0.5, 0.6) is 0 Å². The molecule has 0 aliphatic rings. The summed E-state index contributed by atoms with van der Waals surface area (Å²) in [6.45, 7) is 2.21. The van der Waals surface area contributed by atoms with Gasteiger partial charge in [0.05, 0.1) is 0 Å². The Bertz CT molecular complexity index is 242. The molecule has 0 saturated carbocycles. The van der Waals surface area contributed by atoms with Gasteiger partial charge in [0.1, 0.15) is 0 Å². The quantitative estimate of drug-likeness (QED) is 0.275. The Morgan fingerprint density at radius 2 is 1.10 bits per heavy atom. The number of hydrogen-bond donors (Lipinski definition) is 0. The predicted molar refractivity (Wildman–Crippen MR) is 76.8 cm³/mol. The fraction of sp³-hybridized carbons (Fsp3) is 0.938. The van der Waals surface area contributed by atoms with Crippen LogP contribution in [0.4, 0.5) is 13.2 Å². The van der Waals surface area contributed by atoms with Crippen molar-refractivity contribution in [2.75, 3.05) is 0 Å². The van der Waals surface area contributed by atoms with Gasteiger partial charge in [-0.05, 0) is 6.42 Å². The molecule has 1 nitrogen and oxygen atoms in total. The highest BCUT2D eigenvalue weighted by atomic mass is 19.3. The maximum absolute atomic E-state index is 12.6. The molecule has 4 heteroatoms. The molecular formula is C16H29F3O. The summed E-state index contributed by atoms with van der Waals surface area (Å²) in [6, 6.07) is -2.50. The molecule has 0 aromatic heterocycles. The predicted octanol–water partition coefficient (Wildman–Crippen LogP) is 6.21. The van der Waals surface area contributed by atoms with Gasteiger partial charge in [-0.25, -0.2) is 0 Å². The Hall–Kier alpha value is -0.540. The molecule has 20 heavy (non-hydrogen) atoms. The van der Waals surface area contributed by atoms with Crippen LogP contribution in [-0.2, 0) is 4.79 Å². The zero-order chi connectivity index (χ0) is 15.3. The summed E-state index contributed by atoms with van der Waals surface area (Å²) in [4.78, 5) is 9.98. The molecule has 0 rings (SSSR count). The van der Waals surface area contributed by atoms with E-state index in [1.807, 2.05) is 0 Å². The summed E-state index contributed by atoms with van der Waals surface area (Å²) in [5.74, 6) is -3.77. The number of unbranched alkanes of at least 4 members (excludes halogenated alkanes) is 11. The van der Waals surface area contributed by atoms with Crippen LogP contribution >= 0.6 is 0 Å². The Morgan fingerprint density at radius 1 is 0.750 bits per heavy atom. The number of alkyl halides is 2. The normalized spacial score (nSPS) is 11.8. The van der Waals surface area contributed by atoms with E-state index in [4.69, 9.17) is 0 Å². The maximum Gasteiger partial charge on any atom is 0.370 e. The first kappa shape index (κ1) is 19.5. The van der Waals surface area contributed by atoms with E-state index in [1.54, 1.807) is 0 Å². The van der Waals surface area contributed by atoms with Gasteiger partial charge in [-0.1, -0.05) is 77.6 Å². The van der Waals surface area contributed by atoms with Crippen LogP contribution in [0, 0.1) is 0 Å². The summed E-state index contributed by atoms with van der Waals surface area (Å²) >= 11 is 0. The average molecular weight is 294 g/mol. The van der Waals surface area contributed by atoms with Crippen LogP contribution in [0.1, 0.15) is 90.4 Å². The third kappa shape index (κ3) is 11.3. The van der Waals surface area contributed by atoms with E-state index in [1.165, 1.54) is 44.9 Å². The minimum Gasteiger partial charge on any atom is -0.254 e. The topological polar surface area (TPSA) is 17.1 Å².